The topological polar surface area (TPSA) is 80.4 Å². The van der Waals surface area contributed by atoms with Gasteiger partial charge in [-0.3, -0.25) is 14.9 Å². The molecule has 0 saturated heterocycles. The van der Waals surface area contributed by atoms with Crippen LogP contribution >= 0.6 is 0 Å². The lowest BCUT2D eigenvalue weighted by molar-refractivity contribution is -0.573. The Morgan fingerprint density at radius 2 is 2.00 bits per heavy atom. The molecule has 0 aromatic carbocycles. The van der Waals surface area contributed by atoms with E-state index in [4.69, 9.17) is 0 Å². The lowest BCUT2D eigenvalue weighted by atomic mass is 9.67. The van der Waals surface area contributed by atoms with Crippen molar-refractivity contribution in [1.82, 2.24) is 0 Å². The summed E-state index contributed by atoms with van der Waals surface area (Å²) in [7, 11) is 0. The monoisotopic (exact) mass is 215 g/mol. The Kier molecular flexibility index (Phi) is 2.87. The maximum Gasteiger partial charge on any atom is 0.220 e. The van der Waals surface area contributed by atoms with E-state index in [0.717, 1.165) is 0 Å². The summed E-state index contributed by atoms with van der Waals surface area (Å²) in [5, 5.41) is 20.8. The van der Waals surface area contributed by atoms with Gasteiger partial charge in [-0.15, -0.1) is 0 Å². The minimum Gasteiger partial charge on any atom is -0.389 e. The van der Waals surface area contributed by atoms with Gasteiger partial charge < -0.3 is 5.11 Å². The third-order valence-corrected chi connectivity index (χ3v) is 3.50. The molecule has 0 heterocycles. The molecule has 15 heavy (non-hydrogen) atoms. The van der Waals surface area contributed by atoms with Gasteiger partial charge >= 0.3 is 0 Å². The highest BCUT2D eigenvalue weighted by molar-refractivity contribution is 5.79. The van der Waals surface area contributed by atoms with Gasteiger partial charge in [-0.2, -0.15) is 0 Å². The third-order valence-electron chi connectivity index (χ3n) is 3.50. The molecule has 0 radical (unpaired) electrons. The van der Waals surface area contributed by atoms with Crippen LogP contribution in [0.4, 0.5) is 0 Å². The maximum absolute atomic E-state index is 11.3. The van der Waals surface area contributed by atoms with Gasteiger partial charge in [0.15, 0.2) is 0 Å². The van der Waals surface area contributed by atoms with Crippen LogP contribution in [0.15, 0.2) is 0 Å². The number of aliphatic hydroxyl groups is 1. The Bertz CT molecular complexity index is 300. The molecule has 1 fully saturated rings. The van der Waals surface area contributed by atoms with Crippen molar-refractivity contribution in [2.75, 3.05) is 0 Å². The second-order valence-corrected chi connectivity index (χ2v) is 4.98. The van der Waals surface area contributed by atoms with Gasteiger partial charge in [0, 0.05) is 24.7 Å². The normalized spacial score (nSPS) is 41.2. The van der Waals surface area contributed by atoms with Crippen LogP contribution < -0.4 is 0 Å². The van der Waals surface area contributed by atoms with Gasteiger partial charge in [0.1, 0.15) is 5.78 Å². The third kappa shape index (κ3) is 2.17. The number of hydrogen-bond acceptors (Lipinski definition) is 4. The van der Waals surface area contributed by atoms with Gasteiger partial charge in [0.05, 0.1) is 11.5 Å². The molecule has 0 bridgehead atoms. The molecular weight excluding hydrogens is 198 g/mol. The molecule has 0 aromatic rings. The Morgan fingerprint density at radius 1 is 1.47 bits per heavy atom. The number of carbonyl (C=O) groups excluding carboxylic acids is 1. The van der Waals surface area contributed by atoms with Crippen molar-refractivity contribution in [3.63, 3.8) is 0 Å². The first-order valence-corrected chi connectivity index (χ1v) is 5.06. The fourth-order valence-corrected chi connectivity index (χ4v) is 2.21. The molecular formula is C10H17NO4. The molecule has 1 N–H and O–H groups in total. The van der Waals surface area contributed by atoms with E-state index < -0.39 is 17.1 Å². The number of nitrogens with zero attached hydrogens (tertiary/aromatic N) is 1. The number of rotatable bonds is 2. The molecule has 1 aliphatic rings. The van der Waals surface area contributed by atoms with Crippen molar-refractivity contribution in [1.29, 1.82) is 0 Å². The van der Waals surface area contributed by atoms with Crippen LogP contribution in [0, 0.1) is 16.0 Å². The van der Waals surface area contributed by atoms with Crippen molar-refractivity contribution < 1.29 is 14.8 Å². The summed E-state index contributed by atoms with van der Waals surface area (Å²) >= 11 is 0. The van der Waals surface area contributed by atoms with Crippen LogP contribution in [-0.4, -0.2) is 27.0 Å². The molecule has 0 aliphatic heterocycles. The standard InChI is InChI=1S/C10H17NO4/c1-7(12)8-6-9(2,11(14)15)4-5-10(8,3)13/h8,13H,4-6H2,1-3H3/t8-,9-,10-/m0/s1. The minimum atomic E-state index is -1.10. The number of carbonyl (C=O) groups is 1. The predicted octanol–water partition coefficient (Wildman–Crippen LogP) is 1.16. The second-order valence-electron chi connectivity index (χ2n) is 4.98. The quantitative estimate of drug-likeness (QED) is 0.553. The second kappa shape index (κ2) is 3.56. The van der Waals surface area contributed by atoms with E-state index in [0.29, 0.717) is 12.8 Å². The Hall–Kier alpha value is -0.970. The molecule has 0 amide bonds. The van der Waals surface area contributed by atoms with Crippen molar-refractivity contribution in [2.45, 2.75) is 51.2 Å². The van der Waals surface area contributed by atoms with Crippen LogP contribution in [0.1, 0.15) is 40.0 Å². The number of hydrogen-bond donors (Lipinski definition) is 1. The predicted molar refractivity (Wildman–Crippen MR) is 54.0 cm³/mol. The zero-order valence-electron chi connectivity index (χ0n) is 9.32. The zero-order valence-corrected chi connectivity index (χ0v) is 9.32. The van der Waals surface area contributed by atoms with E-state index in [2.05, 4.69) is 0 Å². The smallest absolute Gasteiger partial charge is 0.220 e. The molecule has 0 spiro atoms. The van der Waals surface area contributed by atoms with Gasteiger partial charge in [0.2, 0.25) is 5.54 Å². The van der Waals surface area contributed by atoms with Crippen LogP contribution in [0.25, 0.3) is 0 Å². The molecule has 5 nitrogen and oxygen atoms in total. The van der Waals surface area contributed by atoms with Gasteiger partial charge in [-0.05, 0) is 20.3 Å². The summed E-state index contributed by atoms with van der Waals surface area (Å²) in [6.45, 7) is 4.50. The van der Waals surface area contributed by atoms with E-state index in [1.807, 2.05) is 0 Å². The van der Waals surface area contributed by atoms with Gasteiger partial charge in [0.25, 0.3) is 0 Å². The number of nitro groups is 1. The van der Waals surface area contributed by atoms with Crippen LogP contribution in [0.5, 0.6) is 0 Å². The Balaban J connectivity index is 2.93. The molecule has 86 valence electrons. The first-order chi connectivity index (χ1) is 6.69. The lowest BCUT2D eigenvalue weighted by Gasteiger charge is -2.40. The van der Waals surface area contributed by atoms with Crippen LogP contribution in [0.3, 0.4) is 0 Å². The largest absolute Gasteiger partial charge is 0.389 e. The highest BCUT2D eigenvalue weighted by atomic mass is 16.6. The molecule has 1 rings (SSSR count). The fraction of sp³-hybridized carbons (Fsp3) is 0.900. The average molecular weight is 215 g/mol. The van der Waals surface area contributed by atoms with Crippen molar-refractivity contribution in [3.8, 4) is 0 Å². The SMILES string of the molecule is CC(=O)[C@@H]1C[C@@](C)([N+](=O)[O-])CC[C@]1(C)O. The summed E-state index contributed by atoms with van der Waals surface area (Å²) in [5.41, 5.74) is -2.17. The van der Waals surface area contributed by atoms with Gasteiger partial charge in [-0.25, -0.2) is 0 Å². The summed E-state index contributed by atoms with van der Waals surface area (Å²) in [6, 6.07) is 0. The molecule has 0 aromatic heterocycles. The van der Waals surface area contributed by atoms with E-state index in [9.17, 15) is 20.0 Å². The Morgan fingerprint density at radius 3 is 2.40 bits per heavy atom. The highest BCUT2D eigenvalue weighted by Gasteiger charge is 2.51. The van der Waals surface area contributed by atoms with Crippen molar-refractivity contribution in [3.05, 3.63) is 10.1 Å². The summed E-state index contributed by atoms with van der Waals surface area (Å²) in [5.74, 6) is -0.797. The summed E-state index contributed by atoms with van der Waals surface area (Å²) in [6.07, 6.45) is 0.744. The molecule has 1 saturated carbocycles. The lowest BCUT2D eigenvalue weighted by Crippen LogP contribution is -2.52. The fourth-order valence-electron chi connectivity index (χ4n) is 2.21. The molecule has 3 atom stereocenters. The van der Waals surface area contributed by atoms with E-state index in [-0.39, 0.29) is 17.1 Å². The van der Waals surface area contributed by atoms with Crippen LogP contribution in [0.2, 0.25) is 0 Å². The summed E-state index contributed by atoms with van der Waals surface area (Å²) in [4.78, 5) is 21.9. The van der Waals surface area contributed by atoms with E-state index in [1.54, 1.807) is 6.92 Å². The number of Topliss-reactive ketones (excluding diaryl/α,β-unsaturated/α-hetero) is 1. The first kappa shape index (κ1) is 12.1. The van der Waals surface area contributed by atoms with E-state index >= 15 is 0 Å². The van der Waals surface area contributed by atoms with Gasteiger partial charge in [-0.1, -0.05) is 0 Å². The Labute approximate surface area is 88.6 Å². The van der Waals surface area contributed by atoms with Crippen molar-refractivity contribution in [2.24, 2.45) is 5.92 Å². The molecule has 1 aliphatic carbocycles. The summed E-state index contributed by atoms with van der Waals surface area (Å²) < 4.78 is 0. The van der Waals surface area contributed by atoms with Crippen LogP contribution in [-0.2, 0) is 4.79 Å². The maximum atomic E-state index is 11.3. The number of ketones is 1. The van der Waals surface area contributed by atoms with Crippen molar-refractivity contribution >= 4 is 5.78 Å². The van der Waals surface area contributed by atoms with E-state index in [1.165, 1.54) is 13.8 Å². The minimum absolute atomic E-state index is 0.127. The first-order valence-electron chi connectivity index (χ1n) is 5.06. The molecule has 5 heteroatoms. The average Bonchev–Trinajstić information content (AvgIpc) is 2.09. The molecule has 0 unspecified atom stereocenters. The highest BCUT2D eigenvalue weighted by Crippen LogP contribution is 2.40. The zero-order chi connectivity index (χ0) is 11.9.